The Hall–Kier alpha value is -3.17. The largest absolute Gasteiger partial charge is 0.497 e. The molecule has 0 saturated heterocycles. The summed E-state index contributed by atoms with van der Waals surface area (Å²) in [6.07, 6.45) is 0.308. The normalized spacial score (nSPS) is 11.9. The van der Waals surface area contributed by atoms with Gasteiger partial charge in [0.1, 0.15) is 5.75 Å². The van der Waals surface area contributed by atoms with Crippen LogP contribution in [0.15, 0.2) is 66.1 Å². The van der Waals surface area contributed by atoms with Gasteiger partial charge in [0.15, 0.2) is 6.10 Å². The van der Waals surface area contributed by atoms with Gasteiger partial charge in [0.05, 0.1) is 17.6 Å². The van der Waals surface area contributed by atoms with Crippen molar-refractivity contribution in [2.24, 2.45) is 0 Å². The fraction of sp³-hybridized carbons (Fsp3) is 0.200. The molecule has 2 rings (SSSR count). The van der Waals surface area contributed by atoms with E-state index >= 15 is 0 Å². The van der Waals surface area contributed by atoms with Crippen LogP contribution in [0.2, 0.25) is 0 Å². The molecule has 0 heterocycles. The van der Waals surface area contributed by atoms with E-state index < -0.39 is 28.0 Å². The Morgan fingerprint density at radius 3 is 2.48 bits per heavy atom. The number of nitrogens with one attached hydrogen (secondary N) is 2. The summed E-state index contributed by atoms with van der Waals surface area (Å²) >= 11 is 0. The highest BCUT2D eigenvalue weighted by Gasteiger charge is 2.21. The molecular weight excluding hydrogens is 396 g/mol. The first-order chi connectivity index (χ1) is 13.8. The predicted molar refractivity (Wildman–Crippen MR) is 108 cm³/mol. The van der Waals surface area contributed by atoms with E-state index in [0.29, 0.717) is 11.4 Å². The van der Waals surface area contributed by atoms with Crippen LogP contribution in [0.4, 0.5) is 5.69 Å². The zero-order chi connectivity index (χ0) is 21.4. The number of sulfonamides is 1. The van der Waals surface area contributed by atoms with Crippen molar-refractivity contribution in [3.8, 4) is 5.75 Å². The summed E-state index contributed by atoms with van der Waals surface area (Å²) in [5, 5.41) is 2.62. The van der Waals surface area contributed by atoms with E-state index in [-0.39, 0.29) is 17.0 Å². The molecule has 1 amide bonds. The average molecular weight is 418 g/mol. The van der Waals surface area contributed by atoms with Crippen molar-refractivity contribution >= 4 is 27.6 Å². The Morgan fingerprint density at radius 1 is 1.17 bits per heavy atom. The van der Waals surface area contributed by atoms with Gasteiger partial charge in [0.2, 0.25) is 10.0 Å². The molecule has 0 aliphatic heterocycles. The van der Waals surface area contributed by atoms with Gasteiger partial charge in [0, 0.05) is 12.2 Å². The Kier molecular flexibility index (Phi) is 7.52. The second kappa shape index (κ2) is 9.85. The van der Waals surface area contributed by atoms with Crippen LogP contribution in [-0.4, -0.2) is 40.1 Å². The lowest BCUT2D eigenvalue weighted by Gasteiger charge is -2.14. The maximum absolute atomic E-state index is 12.3. The number of ether oxygens (including phenoxy) is 2. The van der Waals surface area contributed by atoms with Crippen LogP contribution in [-0.2, 0) is 19.6 Å². The quantitative estimate of drug-likeness (QED) is 0.478. The molecule has 154 valence electrons. The van der Waals surface area contributed by atoms with E-state index in [1.54, 1.807) is 24.3 Å². The van der Waals surface area contributed by atoms with Gasteiger partial charge in [-0.15, -0.1) is 6.58 Å². The molecule has 2 aromatic rings. The Bertz CT molecular complexity index is 986. The Balaban J connectivity index is 2.04. The fourth-order valence-corrected chi connectivity index (χ4v) is 3.29. The molecule has 29 heavy (non-hydrogen) atoms. The van der Waals surface area contributed by atoms with Gasteiger partial charge in [-0.3, -0.25) is 4.79 Å². The van der Waals surface area contributed by atoms with Crippen LogP contribution >= 0.6 is 0 Å². The monoisotopic (exact) mass is 418 g/mol. The van der Waals surface area contributed by atoms with Gasteiger partial charge in [-0.2, -0.15) is 0 Å². The average Bonchev–Trinajstić information content (AvgIpc) is 2.72. The molecule has 0 bridgehead atoms. The molecule has 8 nitrogen and oxygen atoms in total. The van der Waals surface area contributed by atoms with E-state index in [4.69, 9.17) is 9.47 Å². The maximum atomic E-state index is 12.3. The summed E-state index contributed by atoms with van der Waals surface area (Å²) in [6, 6.07) is 12.0. The van der Waals surface area contributed by atoms with E-state index in [1.807, 2.05) is 0 Å². The van der Waals surface area contributed by atoms with Crippen molar-refractivity contribution in [1.29, 1.82) is 0 Å². The van der Waals surface area contributed by atoms with Crippen LogP contribution in [0.3, 0.4) is 0 Å². The van der Waals surface area contributed by atoms with Crippen LogP contribution in [0.1, 0.15) is 17.3 Å². The SMILES string of the molecule is C=CCNS(=O)(=O)c1cccc(C(=O)O[C@@H](C)C(=O)Nc2ccc(OC)cc2)c1. The number of anilines is 1. The minimum absolute atomic E-state index is 0.00979. The minimum atomic E-state index is -3.79. The number of hydrogen-bond donors (Lipinski definition) is 2. The van der Waals surface area contributed by atoms with Gasteiger partial charge >= 0.3 is 5.97 Å². The number of methoxy groups -OCH3 is 1. The van der Waals surface area contributed by atoms with Crippen LogP contribution < -0.4 is 14.8 Å². The van der Waals surface area contributed by atoms with Gasteiger partial charge in [-0.1, -0.05) is 12.1 Å². The van der Waals surface area contributed by atoms with Crippen LogP contribution in [0.25, 0.3) is 0 Å². The highest BCUT2D eigenvalue weighted by Crippen LogP contribution is 2.16. The number of hydrogen-bond acceptors (Lipinski definition) is 6. The first-order valence-electron chi connectivity index (χ1n) is 8.63. The molecule has 0 aliphatic rings. The van der Waals surface area contributed by atoms with Crippen molar-refractivity contribution in [3.63, 3.8) is 0 Å². The minimum Gasteiger partial charge on any atom is -0.497 e. The van der Waals surface area contributed by atoms with E-state index in [2.05, 4.69) is 16.6 Å². The third-order valence-corrected chi connectivity index (χ3v) is 5.23. The second-order valence-electron chi connectivity index (χ2n) is 5.93. The van der Waals surface area contributed by atoms with E-state index in [9.17, 15) is 18.0 Å². The fourth-order valence-electron chi connectivity index (χ4n) is 2.24. The molecule has 0 saturated carbocycles. The maximum Gasteiger partial charge on any atom is 0.338 e. The standard InChI is InChI=1S/C20H22N2O6S/c1-4-12-21-29(25,26)18-7-5-6-15(13-18)20(24)28-14(2)19(23)22-16-8-10-17(27-3)11-9-16/h4-11,13-14,21H,1,12H2,2-3H3,(H,22,23)/t14-/m0/s1. The number of rotatable bonds is 9. The molecule has 0 aromatic heterocycles. The summed E-state index contributed by atoms with van der Waals surface area (Å²) in [5.41, 5.74) is 0.524. The molecule has 0 radical (unpaired) electrons. The molecule has 0 fully saturated rings. The summed E-state index contributed by atoms with van der Waals surface area (Å²) in [6.45, 7) is 4.92. The third-order valence-electron chi connectivity index (χ3n) is 3.81. The Morgan fingerprint density at radius 2 is 1.86 bits per heavy atom. The van der Waals surface area contributed by atoms with Crippen molar-refractivity contribution < 1.29 is 27.5 Å². The smallest absolute Gasteiger partial charge is 0.338 e. The van der Waals surface area contributed by atoms with Gasteiger partial charge in [-0.05, 0) is 49.4 Å². The molecule has 0 unspecified atom stereocenters. The van der Waals surface area contributed by atoms with Crippen molar-refractivity contribution in [2.75, 3.05) is 19.0 Å². The summed E-state index contributed by atoms with van der Waals surface area (Å²) < 4.78 is 36.8. The Labute approximate surface area is 169 Å². The number of esters is 1. The lowest BCUT2D eigenvalue weighted by molar-refractivity contribution is -0.123. The highest BCUT2D eigenvalue weighted by molar-refractivity contribution is 7.89. The first kappa shape index (κ1) is 22.1. The van der Waals surface area contributed by atoms with Crippen molar-refractivity contribution in [1.82, 2.24) is 4.72 Å². The van der Waals surface area contributed by atoms with Gasteiger partial charge < -0.3 is 14.8 Å². The summed E-state index contributed by atoms with van der Waals surface area (Å²) in [7, 11) is -2.26. The molecule has 0 aliphatic carbocycles. The lowest BCUT2D eigenvalue weighted by Crippen LogP contribution is -2.30. The predicted octanol–water partition coefficient (Wildman–Crippen LogP) is 2.34. The molecule has 2 aromatic carbocycles. The molecular formula is C20H22N2O6S. The number of carbonyl (C=O) groups excluding carboxylic acids is 2. The zero-order valence-electron chi connectivity index (χ0n) is 16.0. The molecule has 0 spiro atoms. The summed E-state index contributed by atoms with van der Waals surface area (Å²) in [4.78, 5) is 24.5. The number of amides is 1. The second-order valence-corrected chi connectivity index (χ2v) is 7.70. The zero-order valence-corrected chi connectivity index (χ0v) is 16.9. The molecule has 2 N–H and O–H groups in total. The third kappa shape index (κ3) is 6.16. The van der Waals surface area contributed by atoms with E-state index in [0.717, 1.165) is 0 Å². The number of benzene rings is 2. The van der Waals surface area contributed by atoms with Crippen LogP contribution in [0.5, 0.6) is 5.75 Å². The highest BCUT2D eigenvalue weighted by atomic mass is 32.2. The summed E-state index contributed by atoms with van der Waals surface area (Å²) in [5.74, 6) is -0.706. The van der Waals surface area contributed by atoms with Gasteiger partial charge in [0.25, 0.3) is 5.91 Å². The number of carbonyl (C=O) groups is 2. The molecule has 9 heteroatoms. The molecule has 1 atom stereocenters. The van der Waals surface area contributed by atoms with E-state index in [1.165, 1.54) is 44.4 Å². The van der Waals surface area contributed by atoms with Crippen LogP contribution in [0, 0.1) is 0 Å². The topological polar surface area (TPSA) is 111 Å². The van der Waals surface area contributed by atoms with Crippen molar-refractivity contribution in [3.05, 3.63) is 66.7 Å². The van der Waals surface area contributed by atoms with Crippen molar-refractivity contribution in [2.45, 2.75) is 17.9 Å². The lowest BCUT2D eigenvalue weighted by atomic mass is 10.2. The first-order valence-corrected chi connectivity index (χ1v) is 10.1. The van der Waals surface area contributed by atoms with Gasteiger partial charge in [-0.25, -0.2) is 17.9 Å².